The first kappa shape index (κ1) is 18.4. The monoisotopic (exact) mass is 378 g/mol. The maximum absolute atomic E-state index is 13.0. The lowest BCUT2D eigenvalue weighted by atomic mass is 9.76. The third-order valence-corrected chi connectivity index (χ3v) is 6.75. The van der Waals surface area contributed by atoms with Crippen LogP contribution in [0.3, 0.4) is 0 Å². The van der Waals surface area contributed by atoms with Gasteiger partial charge in [-0.25, -0.2) is 13.1 Å². The normalized spacial score (nSPS) is 18.2. The van der Waals surface area contributed by atoms with Crippen molar-refractivity contribution in [3.8, 4) is 11.1 Å². The number of nitrogens with one attached hydrogen (secondary N) is 1. The molecule has 1 aliphatic rings. The Balaban J connectivity index is 1.92. The summed E-state index contributed by atoms with van der Waals surface area (Å²) < 4.78 is 28.9. The third kappa shape index (κ3) is 4.22. The molecule has 25 heavy (non-hydrogen) atoms. The second-order valence-corrected chi connectivity index (χ2v) is 9.50. The van der Waals surface area contributed by atoms with Crippen LogP contribution in [0.15, 0.2) is 47.6 Å². The summed E-state index contributed by atoms with van der Waals surface area (Å²) in [5.41, 5.74) is 1.48. The first-order chi connectivity index (χ1) is 11.8. The minimum atomic E-state index is -3.66. The van der Waals surface area contributed by atoms with Gasteiger partial charge in [0.25, 0.3) is 0 Å². The van der Waals surface area contributed by atoms with Gasteiger partial charge in [-0.1, -0.05) is 37.6 Å². The number of benzene rings is 1. The summed E-state index contributed by atoms with van der Waals surface area (Å²) in [6, 6.07) is 8.52. The molecular formula is C19H23ClN2O2S. The van der Waals surface area contributed by atoms with Gasteiger partial charge in [-0.3, -0.25) is 4.98 Å². The van der Waals surface area contributed by atoms with E-state index in [0.29, 0.717) is 21.6 Å². The molecule has 6 heteroatoms. The van der Waals surface area contributed by atoms with Crippen LogP contribution in [0, 0.1) is 5.41 Å². The zero-order valence-corrected chi connectivity index (χ0v) is 16.1. The van der Waals surface area contributed by atoms with E-state index in [4.69, 9.17) is 11.6 Å². The van der Waals surface area contributed by atoms with Crippen molar-refractivity contribution in [2.24, 2.45) is 5.41 Å². The van der Waals surface area contributed by atoms with Gasteiger partial charge in [0, 0.05) is 34.6 Å². The standard InChI is InChI=1S/C19H23ClN2O2S/c1-19(2)10-8-15(9-11-19)22-25(23,24)17-7-3-6-16(20)18(17)14-5-4-12-21-13-14/h3-7,12-13,15,22H,8-11H2,1-2H3. The molecule has 1 fully saturated rings. The summed E-state index contributed by atoms with van der Waals surface area (Å²) >= 11 is 6.33. The first-order valence-corrected chi connectivity index (χ1v) is 10.4. The molecule has 2 aromatic rings. The second kappa shape index (κ2) is 7.06. The largest absolute Gasteiger partial charge is 0.264 e. The summed E-state index contributed by atoms with van der Waals surface area (Å²) in [4.78, 5) is 4.29. The van der Waals surface area contributed by atoms with Crippen LogP contribution >= 0.6 is 11.6 Å². The van der Waals surface area contributed by atoms with E-state index in [-0.39, 0.29) is 10.9 Å². The van der Waals surface area contributed by atoms with Crippen molar-refractivity contribution < 1.29 is 8.42 Å². The molecule has 1 aromatic heterocycles. The maximum atomic E-state index is 13.0. The summed E-state index contributed by atoms with van der Waals surface area (Å²) in [5.74, 6) is 0. The highest BCUT2D eigenvalue weighted by Gasteiger charge is 2.30. The van der Waals surface area contributed by atoms with Gasteiger partial charge in [-0.15, -0.1) is 0 Å². The molecule has 1 heterocycles. The van der Waals surface area contributed by atoms with Crippen molar-refractivity contribution in [1.82, 2.24) is 9.71 Å². The van der Waals surface area contributed by atoms with Crippen LogP contribution in [0.5, 0.6) is 0 Å². The molecule has 0 atom stereocenters. The maximum Gasteiger partial charge on any atom is 0.241 e. The number of rotatable bonds is 4. The Labute approximate surface area is 154 Å². The minimum Gasteiger partial charge on any atom is -0.264 e. The summed E-state index contributed by atoms with van der Waals surface area (Å²) in [5, 5.41) is 0.403. The van der Waals surface area contributed by atoms with E-state index in [1.165, 1.54) is 0 Å². The van der Waals surface area contributed by atoms with Gasteiger partial charge >= 0.3 is 0 Å². The lowest BCUT2D eigenvalue weighted by Gasteiger charge is -2.34. The van der Waals surface area contributed by atoms with Crippen molar-refractivity contribution in [3.63, 3.8) is 0 Å². The van der Waals surface area contributed by atoms with Gasteiger partial charge in [0.05, 0.1) is 4.90 Å². The molecule has 0 saturated heterocycles. The van der Waals surface area contributed by atoms with Crippen molar-refractivity contribution >= 4 is 21.6 Å². The fourth-order valence-electron chi connectivity index (χ4n) is 3.32. The molecule has 4 nitrogen and oxygen atoms in total. The molecule has 1 aliphatic carbocycles. The summed E-state index contributed by atoms with van der Waals surface area (Å²) in [6.07, 6.45) is 7.03. The Kier molecular flexibility index (Phi) is 5.19. The predicted octanol–water partition coefficient (Wildman–Crippen LogP) is 4.65. The lowest BCUT2D eigenvalue weighted by Crippen LogP contribution is -2.39. The van der Waals surface area contributed by atoms with Gasteiger partial charge in [0.15, 0.2) is 0 Å². The number of halogens is 1. The number of aromatic nitrogens is 1. The first-order valence-electron chi connectivity index (χ1n) is 8.50. The van der Waals surface area contributed by atoms with Gasteiger partial charge < -0.3 is 0 Å². The van der Waals surface area contributed by atoms with E-state index in [9.17, 15) is 8.42 Å². The molecule has 0 spiro atoms. The molecular weight excluding hydrogens is 356 g/mol. The SMILES string of the molecule is CC1(C)CCC(NS(=O)(=O)c2cccc(Cl)c2-c2cccnc2)CC1. The highest BCUT2D eigenvalue weighted by molar-refractivity contribution is 7.89. The molecule has 1 N–H and O–H groups in total. The van der Waals surface area contributed by atoms with E-state index < -0.39 is 10.0 Å². The van der Waals surface area contributed by atoms with Crippen LogP contribution in [0.1, 0.15) is 39.5 Å². The number of nitrogens with zero attached hydrogens (tertiary/aromatic N) is 1. The van der Waals surface area contributed by atoms with Crippen molar-refractivity contribution in [2.75, 3.05) is 0 Å². The van der Waals surface area contributed by atoms with Crippen LogP contribution in [0.2, 0.25) is 5.02 Å². The Bertz CT molecular complexity index is 841. The van der Waals surface area contributed by atoms with Gasteiger partial charge in [-0.2, -0.15) is 0 Å². The Morgan fingerprint density at radius 1 is 1.16 bits per heavy atom. The topological polar surface area (TPSA) is 59.1 Å². The van der Waals surface area contributed by atoms with E-state index in [0.717, 1.165) is 25.7 Å². The van der Waals surface area contributed by atoms with Crippen LogP contribution in [0.4, 0.5) is 0 Å². The smallest absolute Gasteiger partial charge is 0.241 e. The molecule has 3 rings (SSSR count). The fourth-order valence-corrected chi connectivity index (χ4v) is 5.21. The lowest BCUT2D eigenvalue weighted by molar-refractivity contribution is 0.218. The Hall–Kier alpha value is -1.43. The molecule has 1 saturated carbocycles. The third-order valence-electron chi connectivity index (χ3n) is 4.88. The van der Waals surface area contributed by atoms with Crippen LogP contribution in [0.25, 0.3) is 11.1 Å². The predicted molar refractivity (Wildman–Crippen MR) is 101 cm³/mol. The van der Waals surface area contributed by atoms with Gasteiger partial charge in [0.2, 0.25) is 10.0 Å². The van der Waals surface area contributed by atoms with E-state index >= 15 is 0 Å². The molecule has 0 unspecified atom stereocenters. The summed E-state index contributed by atoms with van der Waals surface area (Å²) in [6.45, 7) is 4.46. The van der Waals surface area contributed by atoms with Crippen LogP contribution < -0.4 is 4.72 Å². The molecule has 1 aromatic carbocycles. The molecule has 0 amide bonds. The van der Waals surface area contributed by atoms with E-state index in [2.05, 4.69) is 23.6 Å². The quantitative estimate of drug-likeness (QED) is 0.842. The van der Waals surface area contributed by atoms with Gasteiger partial charge in [0.1, 0.15) is 0 Å². The highest BCUT2D eigenvalue weighted by atomic mass is 35.5. The van der Waals surface area contributed by atoms with Crippen molar-refractivity contribution in [2.45, 2.75) is 50.5 Å². The molecule has 0 radical (unpaired) electrons. The Morgan fingerprint density at radius 3 is 2.52 bits per heavy atom. The number of hydrogen-bond acceptors (Lipinski definition) is 3. The number of hydrogen-bond donors (Lipinski definition) is 1. The average molecular weight is 379 g/mol. The highest BCUT2D eigenvalue weighted by Crippen LogP contribution is 2.37. The van der Waals surface area contributed by atoms with Gasteiger partial charge in [-0.05, 0) is 49.3 Å². The van der Waals surface area contributed by atoms with Crippen molar-refractivity contribution in [3.05, 3.63) is 47.7 Å². The fraction of sp³-hybridized carbons (Fsp3) is 0.421. The minimum absolute atomic E-state index is 0.0289. The van der Waals surface area contributed by atoms with Crippen LogP contribution in [-0.2, 0) is 10.0 Å². The van der Waals surface area contributed by atoms with Crippen LogP contribution in [-0.4, -0.2) is 19.4 Å². The Morgan fingerprint density at radius 2 is 1.88 bits per heavy atom. The zero-order valence-electron chi connectivity index (χ0n) is 14.5. The number of pyridine rings is 1. The molecule has 134 valence electrons. The second-order valence-electron chi connectivity index (χ2n) is 7.41. The number of sulfonamides is 1. The van der Waals surface area contributed by atoms with Crippen molar-refractivity contribution in [1.29, 1.82) is 0 Å². The average Bonchev–Trinajstić information content (AvgIpc) is 2.57. The zero-order chi connectivity index (χ0) is 18.1. The molecule has 0 bridgehead atoms. The molecule has 0 aliphatic heterocycles. The summed E-state index contributed by atoms with van der Waals surface area (Å²) in [7, 11) is -3.66. The van der Waals surface area contributed by atoms with E-state index in [1.807, 2.05) is 6.07 Å². The van der Waals surface area contributed by atoms with E-state index in [1.54, 1.807) is 36.7 Å².